The van der Waals surface area contributed by atoms with E-state index in [-0.39, 0.29) is 12.0 Å². The fourth-order valence-electron chi connectivity index (χ4n) is 2.82. The monoisotopic (exact) mass is 395 g/mol. The summed E-state index contributed by atoms with van der Waals surface area (Å²) in [5.74, 6) is 1.24. The molecule has 142 valence electrons. The molecule has 3 aromatic rings. The predicted molar refractivity (Wildman–Crippen MR) is 108 cm³/mol. The number of nitrogens with zero attached hydrogens (tertiary/aromatic N) is 2. The smallest absolute Gasteiger partial charge is 0.248 e. The number of hydrogen-bond donors (Lipinski definition) is 1. The molecule has 1 atom stereocenters. The first-order chi connectivity index (χ1) is 13.7. The summed E-state index contributed by atoms with van der Waals surface area (Å²) in [5, 5.41) is 7.72. The van der Waals surface area contributed by atoms with Gasteiger partial charge >= 0.3 is 0 Å². The van der Waals surface area contributed by atoms with Crippen molar-refractivity contribution in [3.05, 3.63) is 77.6 Å². The molecule has 0 bridgehead atoms. The van der Waals surface area contributed by atoms with Crippen molar-refractivity contribution >= 4 is 29.3 Å². The molecule has 0 saturated carbocycles. The lowest BCUT2D eigenvalue weighted by atomic mass is 10.2. The van der Waals surface area contributed by atoms with Crippen molar-refractivity contribution in [3.8, 4) is 11.5 Å². The van der Waals surface area contributed by atoms with Crippen molar-refractivity contribution in [2.75, 3.05) is 11.9 Å². The largest absolute Gasteiger partial charge is 0.486 e. The molecule has 1 aliphatic heterocycles. The zero-order valence-corrected chi connectivity index (χ0v) is 15.7. The van der Waals surface area contributed by atoms with Crippen LogP contribution in [0.15, 0.2) is 67.0 Å². The van der Waals surface area contributed by atoms with Crippen molar-refractivity contribution in [3.63, 3.8) is 0 Å². The van der Waals surface area contributed by atoms with Crippen LogP contribution in [0.25, 0.3) is 6.08 Å². The highest BCUT2D eigenvalue weighted by Gasteiger charge is 2.21. The van der Waals surface area contributed by atoms with Crippen LogP contribution in [0.1, 0.15) is 5.56 Å². The SMILES string of the molecule is O=C(/C=C/c1ccc(Cl)cc1)Nc1cnn(CC2COc3ccccc3O2)c1. The number of amides is 1. The summed E-state index contributed by atoms with van der Waals surface area (Å²) in [6.45, 7) is 0.965. The second-order valence-electron chi connectivity index (χ2n) is 6.32. The second-order valence-corrected chi connectivity index (χ2v) is 6.76. The van der Waals surface area contributed by atoms with E-state index >= 15 is 0 Å². The van der Waals surface area contributed by atoms with Crippen LogP contribution in [0.3, 0.4) is 0 Å². The van der Waals surface area contributed by atoms with Gasteiger partial charge in [0.15, 0.2) is 17.6 Å². The molecule has 2 aromatic carbocycles. The molecule has 4 rings (SSSR count). The molecule has 0 fully saturated rings. The third-order valence-corrected chi connectivity index (χ3v) is 4.41. The van der Waals surface area contributed by atoms with E-state index in [9.17, 15) is 4.79 Å². The maximum atomic E-state index is 12.1. The summed E-state index contributed by atoms with van der Waals surface area (Å²) in [6, 6.07) is 14.8. The number of ether oxygens (including phenoxy) is 2. The summed E-state index contributed by atoms with van der Waals surface area (Å²) in [7, 11) is 0. The highest BCUT2D eigenvalue weighted by atomic mass is 35.5. The van der Waals surface area contributed by atoms with Crippen LogP contribution in [0.4, 0.5) is 5.69 Å². The number of aromatic nitrogens is 2. The molecule has 1 unspecified atom stereocenters. The molecule has 6 nitrogen and oxygen atoms in total. The molecule has 1 aromatic heterocycles. The molecule has 0 spiro atoms. The summed E-state index contributed by atoms with van der Waals surface area (Å²) >= 11 is 5.85. The van der Waals surface area contributed by atoms with Crippen molar-refractivity contribution in [1.82, 2.24) is 9.78 Å². The predicted octanol–water partition coefficient (Wildman–Crippen LogP) is 4.03. The van der Waals surface area contributed by atoms with Crippen LogP contribution < -0.4 is 14.8 Å². The minimum atomic E-state index is -0.235. The average Bonchev–Trinajstić information content (AvgIpc) is 3.14. The Balaban J connectivity index is 1.32. The number of benzene rings is 2. The number of anilines is 1. The van der Waals surface area contributed by atoms with E-state index in [0.29, 0.717) is 23.9 Å². The van der Waals surface area contributed by atoms with Gasteiger partial charge in [0, 0.05) is 17.3 Å². The van der Waals surface area contributed by atoms with E-state index in [2.05, 4.69) is 10.4 Å². The average molecular weight is 396 g/mol. The van der Waals surface area contributed by atoms with Crippen molar-refractivity contribution in [2.45, 2.75) is 12.6 Å². The Labute approximate surface area is 167 Å². The van der Waals surface area contributed by atoms with Gasteiger partial charge in [-0.05, 0) is 35.9 Å². The minimum absolute atomic E-state index is 0.150. The molecular weight excluding hydrogens is 378 g/mol. The fraction of sp³-hybridized carbons (Fsp3) is 0.143. The molecule has 7 heteroatoms. The molecule has 0 aliphatic carbocycles. The van der Waals surface area contributed by atoms with Gasteiger partial charge in [0.25, 0.3) is 0 Å². The van der Waals surface area contributed by atoms with Gasteiger partial charge in [-0.25, -0.2) is 0 Å². The highest BCUT2D eigenvalue weighted by molar-refractivity contribution is 6.30. The van der Waals surface area contributed by atoms with Gasteiger partial charge in [0.1, 0.15) is 6.61 Å². The lowest BCUT2D eigenvalue weighted by Crippen LogP contribution is -2.33. The van der Waals surface area contributed by atoms with Gasteiger partial charge in [-0.2, -0.15) is 5.10 Å². The fourth-order valence-corrected chi connectivity index (χ4v) is 2.95. The van der Waals surface area contributed by atoms with Crippen LogP contribution in [-0.4, -0.2) is 28.4 Å². The van der Waals surface area contributed by atoms with Crippen molar-refractivity contribution < 1.29 is 14.3 Å². The number of nitrogens with one attached hydrogen (secondary N) is 1. The second kappa shape index (κ2) is 8.19. The van der Waals surface area contributed by atoms with Gasteiger partial charge in [-0.1, -0.05) is 35.9 Å². The number of rotatable bonds is 5. The highest BCUT2D eigenvalue weighted by Crippen LogP contribution is 2.31. The topological polar surface area (TPSA) is 65.4 Å². The number of para-hydroxylation sites is 2. The Morgan fingerprint density at radius 1 is 1.21 bits per heavy atom. The first kappa shape index (κ1) is 18.1. The summed E-state index contributed by atoms with van der Waals surface area (Å²) in [5.41, 5.74) is 1.51. The van der Waals surface area contributed by atoms with Crippen LogP contribution >= 0.6 is 11.6 Å². The van der Waals surface area contributed by atoms with Crippen LogP contribution in [0.2, 0.25) is 5.02 Å². The number of halogens is 1. The lowest BCUT2D eigenvalue weighted by molar-refractivity contribution is -0.111. The zero-order chi connectivity index (χ0) is 19.3. The Morgan fingerprint density at radius 3 is 2.82 bits per heavy atom. The van der Waals surface area contributed by atoms with Crippen LogP contribution in [-0.2, 0) is 11.3 Å². The molecule has 1 N–H and O–H groups in total. The molecule has 28 heavy (non-hydrogen) atoms. The van der Waals surface area contributed by atoms with E-state index in [4.69, 9.17) is 21.1 Å². The molecule has 1 aliphatic rings. The van der Waals surface area contributed by atoms with Crippen molar-refractivity contribution in [2.24, 2.45) is 0 Å². The number of fused-ring (bicyclic) bond motifs is 1. The normalized spacial score (nSPS) is 15.5. The Bertz CT molecular complexity index is 998. The Morgan fingerprint density at radius 2 is 2.00 bits per heavy atom. The van der Waals surface area contributed by atoms with Crippen LogP contribution in [0.5, 0.6) is 11.5 Å². The third kappa shape index (κ3) is 4.53. The van der Waals surface area contributed by atoms with E-state index < -0.39 is 0 Å². The first-order valence-corrected chi connectivity index (χ1v) is 9.19. The summed E-state index contributed by atoms with van der Waals surface area (Å²) in [6.07, 6.45) is 6.41. The first-order valence-electron chi connectivity index (χ1n) is 8.81. The zero-order valence-electron chi connectivity index (χ0n) is 14.9. The van der Waals surface area contributed by atoms with E-state index in [1.165, 1.54) is 6.08 Å². The molecule has 2 heterocycles. The maximum Gasteiger partial charge on any atom is 0.248 e. The maximum absolute atomic E-state index is 12.1. The van der Waals surface area contributed by atoms with E-state index in [1.807, 2.05) is 36.4 Å². The lowest BCUT2D eigenvalue weighted by Gasteiger charge is -2.26. The number of carbonyl (C=O) groups excluding carboxylic acids is 1. The third-order valence-electron chi connectivity index (χ3n) is 4.16. The standard InChI is InChI=1S/C21H18ClN3O3/c22-16-8-5-15(6-9-16)7-10-21(26)24-17-11-23-25(12-17)13-18-14-27-19-3-1-2-4-20(19)28-18/h1-12,18H,13-14H2,(H,24,26)/b10-7+. The Kier molecular flexibility index (Phi) is 5.30. The van der Waals surface area contributed by atoms with Gasteiger partial charge in [-0.15, -0.1) is 0 Å². The van der Waals surface area contributed by atoms with Gasteiger partial charge < -0.3 is 14.8 Å². The molecule has 1 amide bonds. The van der Waals surface area contributed by atoms with Crippen LogP contribution in [0, 0.1) is 0 Å². The Hall–Kier alpha value is -3.25. The van der Waals surface area contributed by atoms with Gasteiger partial charge in [0.05, 0.1) is 18.4 Å². The number of hydrogen-bond acceptors (Lipinski definition) is 4. The van der Waals surface area contributed by atoms with Gasteiger partial charge in [-0.3, -0.25) is 9.48 Å². The number of carbonyl (C=O) groups is 1. The minimum Gasteiger partial charge on any atom is -0.486 e. The molecule has 0 saturated heterocycles. The summed E-state index contributed by atoms with van der Waals surface area (Å²) in [4.78, 5) is 12.1. The molecule has 0 radical (unpaired) electrons. The van der Waals surface area contributed by atoms with E-state index in [0.717, 1.165) is 17.1 Å². The molecular formula is C21H18ClN3O3. The van der Waals surface area contributed by atoms with E-state index in [1.54, 1.807) is 35.3 Å². The van der Waals surface area contributed by atoms with Crippen molar-refractivity contribution in [1.29, 1.82) is 0 Å². The quantitative estimate of drug-likeness (QED) is 0.662. The summed E-state index contributed by atoms with van der Waals surface area (Å²) < 4.78 is 13.4. The van der Waals surface area contributed by atoms with Gasteiger partial charge in [0.2, 0.25) is 5.91 Å².